The Morgan fingerprint density at radius 1 is 1.21 bits per heavy atom. The zero-order chi connectivity index (χ0) is 14.8. The third kappa shape index (κ3) is 10.5. The molecule has 0 radical (unpaired) electrons. The highest BCUT2D eigenvalue weighted by molar-refractivity contribution is 5.76. The van der Waals surface area contributed by atoms with Gasteiger partial charge in [-0.1, -0.05) is 20.8 Å². The van der Waals surface area contributed by atoms with Gasteiger partial charge in [-0.3, -0.25) is 9.59 Å². The third-order valence-corrected chi connectivity index (χ3v) is 3.05. The van der Waals surface area contributed by atoms with Gasteiger partial charge in [-0.05, 0) is 37.1 Å². The number of carboxylic acid groups (broad SMARTS) is 1. The van der Waals surface area contributed by atoms with E-state index in [0.717, 1.165) is 12.8 Å². The summed E-state index contributed by atoms with van der Waals surface area (Å²) >= 11 is 0. The maximum absolute atomic E-state index is 11.7. The van der Waals surface area contributed by atoms with Crippen molar-refractivity contribution in [3.05, 3.63) is 0 Å². The van der Waals surface area contributed by atoms with E-state index in [1.165, 1.54) is 0 Å². The number of amides is 1. The Morgan fingerprint density at radius 3 is 2.32 bits per heavy atom. The maximum atomic E-state index is 11.7. The van der Waals surface area contributed by atoms with E-state index >= 15 is 0 Å². The molecule has 0 saturated carbocycles. The van der Waals surface area contributed by atoms with Crippen LogP contribution in [0.1, 0.15) is 46.5 Å². The van der Waals surface area contributed by atoms with Crippen molar-refractivity contribution in [1.82, 2.24) is 5.32 Å². The van der Waals surface area contributed by atoms with Crippen molar-refractivity contribution in [3.8, 4) is 0 Å². The van der Waals surface area contributed by atoms with Gasteiger partial charge in [-0.2, -0.15) is 0 Å². The van der Waals surface area contributed by atoms with Crippen LogP contribution < -0.4 is 11.1 Å². The van der Waals surface area contributed by atoms with Gasteiger partial charge in [-0.25, -0.2) is 0 Å². The number of aliphatic carboxylic acids is 1. The predicted molar refractivity (Wildman–Crippen MR) is 75.7 cm³/mol. The first-order chi connectivity index (χ1) is 8.85. The standard InChI is InChI=1S/C14H28N2O3/c1-10(2)6-12(8-14(18)19)9-16-13(17)7-11(3)4-5-15/h10-12H,4-9,15H2,1-3H3,(H,16,17)(H,18,19). The molecule has 0 aliphatic carbocycles. The molecule has 0 aliphatic heterocycles. The van der Waals surface area contributed by atoms with Crippen molar-refractivity contribution in [2.75, 3.05) is 13.1 Å². The molecule has 112 valence electrons. The average Bonchev–Trinajstić information content (AvgIpc) is 2.24. The fraction of sp³-hybridized carbons (Fsp3) is 0.857. The average molecular weight is 272 g/mol. The molecule has 5 heteroatoms. The molecule has 19 heavy (non-hydrogen) atoms. The number of nitrogens with one attached hydrogen (secondary N) is 1. The molecule has 0 heterocycles. The molecule has 0 aromatic rings. The summed E-state index contributed by atoms with van der Waals surface area (Å²) in [5.41, 5.74) is 5.44. The Balaban J connectivity index is 4.08. The molecule has 0 aliphatic rings. The lowest BCUT2D eigenvalue weighted by molar-refractivity contribution is -0.138. The molecule has 0 rings (SSSR count). The lowest BCUT2D eigenvalue weighted by atomic mass is 9.94. The van der Waals surface area contributed by atoms with Crippen LogP contribution in [-0.4, -0.2) is 30.1 Å². The van der Waals surface area contributed by atoms with E-state index in [1.54, 1.807) is 0 Å². The van der Waals surface area contributed by atoms with Crippen molar-refractivity contribution < 1.29 is 14.7 Å². The highest BCUT2D eigenvalue weighted by Gasteiger charge is 2.16. The Hall–Kier alpha value is -1.10. The summed E-state index contributed by atoms with van der Waals surface area (Å²) in [6.07, 6.45) is 2.21. The van der Waals surface area contributed by atoms with Gasteiger partial charge < -0.3 is 16.2 Å². The van der Waals surface area contributed by atoms with Crippen molar-refractivity contribution in [1.29, 1.82) is 0 Å². The van der Waals surface area contributed by atoms with Crippen LogP contribution in [0.5, 0.6) is 0 Å². The lowest BCUT2D eigenvalue weighted by Gasteiger charge is -2.18. The van der Waals surface area contributed by atoms with Gasteiger partial charge in [0.1, 0.15) is 0 Å². The van der Waals surface area contributed by atoms with Gasteiger partial charge in [0.25, 0.3) is 0 Å². The number of rotatable bonds is 10. The molecule has 0 spiro atoms. The normalized spacial score (nSPS) is 14.2. The molecular weight excluding hydrogens is 244 g/mol. The minimum Gasteiger partial charge on any atom is -0.481 e. The van der Waals surface area contributed by atoms with Crippen LogP contribution in [0.15, 0.2) is 0 Å². The van der Waals surface area contributed by atoms with E-state index in [2.05, 4.69) is 19.2 Å². The number of hydrogen-bond acceptors (Lipinski definition) is 3. The monoisotopic (exact) mass is 272 g/mol. The van der Waals surface area contributed by atoms with E-state index in [4.69, 9.17) is 10.8 Å². The molecule has 0 aromatic carbocycles. The van der Waals surface area contributed by atoms with Crippen LogP contribution in [-0.2, 0) is 9.59 Å². The van der Waals surface area contributed by atoms with Gasteiger partial charge in [0.2, 0.25) is 5.91 Å². The lowest BCUT2D eigenvalue weighted by Crippen LogP contribution is -2.32. The first-order valence-electron chi connectivity index (χ1n) is 7.03. The zero-order valence-corrected chi connectivity index (χ0v) is 12.3. The SMILES string of the molecule is CC(C)CC(CNC(=O)CC(C)CCN)CC(=O)O. The molecule has 1 amide bonds. The highest BCUT2D eigenvalue weighted by Crippen LogP contribution is 2.15. The Kier molecular flexibility index (Phi) is 9.21. The van der Waals surface area contributed by atoms with Crippen molar-refractivity contribution >= 4 is 11.9 Å². The topological polar surface area (TPSA) is 92.4 Å². The second kappa shape index (κ2) is 9.78. The fourth-order valence-corrected chi connectivity index (χ4v) is 2.19. The number of hydrogen-bond donors (Lipinski definition) is 3. The van der Waals surface area contributed by atoms with Gasteiger partial charge in [0.15, 0.2) is 0 Å². The van der Waals surface area contributed by atoms with Crippen molar-refractivity contribution in [3.63, 3.8) is 0 Å². The third-order valence-electron chi connectivity index (χ3n) is 3.05. The summed E-state index contributed by atoms with van der Waals surface area (Å²) in [6, 6.07) is 0. The summed E-state index contributed by atoms with van der Waals surface area (Å²) < 4.78 is 0. The number of carbonyl (C=O) groups excluding carboxylic acids is 1. The predicted octanol–water partition coefficient (Wildman–Crippen LogP) is 1.61. The van der Waals surface area contributed by atoms with Gasteiger partial charge in [0, 0.05) is 19.4 Å². The molecule has 0 aromatic heterocycles. The van der Waals surface area contributed by atoms with Crippen molar-refractivity contribution in [2.45, 2.75) is 46.5 Å². The summed E-state index contributed by atoms with van der Waals surface area (Å²) in [4.78, 5) is 22.5. The Labute approximate surface area is 115 Å². The molecule has 5 nitrogen and oxygen atoms in total. The first-order valence-corrected chi connectivity index (χ1v) is 7.03. The van der Waals surface area contributed by atoms with Crippen LogP contribution >= 0.6 is 0 Å². The van der Waals surface area contributed by atoms with Gasteiger partial charge in [0.05, 0.1) is 0 Å². The number of carboxylic acids is 1. The zero-order valence-electron chi connectivity index (χ0n) is 12.3. The van der Waals surface area contributed by atoms with Crippen LogP contribution in [0.3, 0.4) is 0 Å². The summed E-state index contributed by atoms with van der Waals surface area (Å²) in [5, 5.41) is 11.7. The smallest absolute Gasteiger partial charge is 0.303 e. The molecule has 0 fully saturated rings. The summed E-state index contributed by atoms with van der Waals surface area (Å²) in [6.45, 7) is 7.14. The van der Waals surface area contributed by atoms with E-state index in [-0.39, 0.29) is 24.2 Å². The Bertz CT molecular complexity index is 280. The highest BCUT2D eigenvalue weighted by atomic mass is 16.4. The minimum atomic E-state index is -0.809. The summed E-state index contributed by atoms with van der Waals surface area (Å²) in [7, 11) is 0. The van der Waals surface area contributed by atoms with Gasteiger partial charge >= 0.3 is 5.97 Å². The van der Waals surface area contributed by atoms with E-state index in [9.17, 15) is 9.59 Å². The number of carbonyl (C=O) groups is 2. The fourth-order valence-electron chi connectivity index (χ4n) is 2.19. The molecule has 4 N–H and O–H groups in total. The molecule has 0 saturated heterocycles. The van der Waals surface area contributed by atoms with Crippen molar-refractivity contribution in [2.24, 2.45) is 23.5 Å². The Morgan fingerprint density at radius 2 is 1.84 bits per heavy atom. The molecule has 2 atom stereocenters. The second-order valence-electron chi connectivity index (χ2n) is 5.78. The van der Waals surface area contributed by atoms with Crippen LogP contribution in [0.4, 0.5) is 0 Å². The first kappa shape index (κ1) is 17.9. The van der Waals surface area contributed by atoms with Crippen LogP contribution in [0, 0.1) is 17.8 Å². The minimum absolute atomic E-state index is 0.00580. The van der Waals surface area contributed by atoms with E-state index in [0.29, 0.717) is 25.4 Å². The van der Waals surface area contributed by atoms with Gasteiger partial charge in [-0.15, -0.1) is 0 Å². The van der Waals surface area contributed by atoms with E-state index < -0.39 is 5.97 Å². The van der Waals surface area contributed by atoms with Crippen LogP contribution in [0.2, 0.25) is 0 Å². The quantitative estimate of drug-likeness (QED) is 0.563. The second-order valence-corrected chi connectivity index (χ2v) is 5.78. The summed E-state index contributed by atoms with van der Waals surface area (Å²) in [5.74, 6) is -0.117. The molecule has 0 bridgehead atoms. The van der Waals surface area contributed by atoms with Crippen LogP contribution in [0.25, 0.3) is 0 Å². The number of nitrogens with two attached hydrogens (primary N) is 1. The maximum Gasteiger partial charge on any atom is 0.303 e. The molecular formula is C14H28N2O3. The largest absolute Gasteiger partial charge is 0.481 e. The van der Waals surface area contributed by atoms with E-state index in [1.807, 2.05) is 6.92 Å². The molecule has 2 unspecified atom stereocenters.